The summed E-state index contributed by atoms with van der Waals surface area (Å²) in [6.45, 7) is 0. The molecule has 6 rings (SSSR count). The van der Waals surface area contributed by atoms with Crippen molar-refractivity contribution in [3.8, 4) is 17.2 Å². The first-order valence-electron chi connectivity index (χ1n) is 10.2. The molecule has 0 spiro atoms. The zero-order chi connectivity index (χ0) is 23.0. The molecule has 0 saturated carbocycles. The molecule has 34 heavy (non-hydrogen) atoms. The van der Waals surface area contributed by atoms with Crippen LogP contribution in [0, 0.1) is 0 Å². The van der Waals surface area contributed by atoms with Crippen LogP contribution in [-0.2, 0) is 0 Å². The number of fused-ring (bicyclic) bond motifs is 3. The Hall–Kier alpha value is -3.79. The Morgan fingerprint density at radius 3 is 0.912 bits per heavy atom. The van der Waals surface area contributed by atoms with Crippen molar-refractivity contribution in [3.63, 3.8) is 0 Å². The molecule has 0 aliphatic rings. The first-order chi connectivity index (χ1) is 16.1. The number of hydrogen-bond acceptors (Lipinski definition) is 6. The Labute approximate surface area is 216 Å². The van der Waals surface area contributed by atoms with Crippen LogP contribution in [0.1, 0.15) is 0 Å². The van der Waals surface area contributed by atoms with E-state index in [4.69, 9.17) is 0 Å². The van der Waals surface area contributed by atoms with Gasteiger partial charge in [-0.3, -0.25) is 15.0 Å². The van der Waals surface area contributed by atoms with Crippen molar-refractivity contribution in [2.24, 2.45) is 0 Å². The third-order valence-corrected chi connectivity index (χ3v) is 4.83. The number of hydrogen-bond donors (Lipinski definition) is 3. The van der Waals surface area contributed by atoms with Gasteiger partial charge in [-0.15, -0.1) is 0 Å². The van der Waals surface area contributed by atoms with E-state index in [1.54, 1.807) is 55.0 Å². The average Bonchev–Trinajstić information content (AvgIpc) is 2.86. The molecule has 7 heteroatoms. The summed E-state index contributed by atoms with van der Waals surface area (Å²) in [5.74, 6) is 0.717. The third kappa shape index (κ3) is 5.96. The number of aromatic nitrogens is 3. The Morgan fingerprint density at radius 1 is 0.382 bits per heavy atom. The largest absolute Gasteiger partial charge is 0.506 e. The molecule has 0 unspecified atom stereocenters. The zero-order valence-corrected chi connectivity index (χ0v) is 22.0. The zero-order valence-electron chi connectivity index (χ0n) is 18.1. The van der Waals surface area contributed by atoms with Crippen LogP contribution in [0.15, 0.2) is 110 Å². The molecule has 3 N–H and O–H groups in total. The molecule has 0 atom stereocenters. The van der Waals surface area contributed by atoms with Gasteiger partial charge in [-0.05, 0) is 36.4 Å². The molecule has 0 aliphatic carbocycles. The predicted molar refractivity (Wildman–Crippen MR) is 136 cm³/mol. The number of rotatable bonds is 0. The first kappa shape index (κ1) is 24.8. The topological polar surface area (TPSA) is 99.4 Å². The number of nitrogens with zero attached hydrogens (tertiary/aromatic N) is 3. The molecule has 6 nitrogen and oxygen atoms in total. The summed E-state index contributed by atoms with van der Waals surface area (Å²) in [5.41, 5.74) is 1.99. The van der Waals surface area contributed by atoms with Crippen molar-refractivity contribution in [2.75, 3.05) is 0 Å². The molecular weight excluding hydrogens is 622 g/mol. The molecule has 0 saturated heterocycles. The molecule has 3 aromatic heterocycles. The van der Waals surface area contributed by atoms with Gasteiger partial charge in [0.1, 0.15) is 33.8 Å². The van der Waals surface area contributed by atoms with Crippen molar-refractivity contribution in [1.29, 1.82) is 0 Å². The molecule has 0 amide bonds. The summed E-state index contributed by atoms with van der Waals surface area (Å²) in [5, 5.41) is 30.8. The fourth-order valence-corrected chi connectivity index (χ4v) is 3.26. The van der Waals surface area contributed by atoms with Crippen molar-refractivity contribution >= 4 is 60.0 Å². The molecule has 0 fully saturated rings. The molecule has 0 aliphatic heterocycles. The average molecular weight is 643 g/mol. The molecule has 166 valence electrons. The van der Waals surface area contributed by atoms with E-state index < -0.39 is 0 Å². The summed E-state index contributed by atoms with van der Waals surface area (Å²) in [7, 11) is 0. The van der Waals surface area contributed by atoms with Crippen molar-refractivity contribution in [2.45, 2.75) is 0 Å². The van der Waals surface area contributed by atoms with Crippen LogP contribution in [0.25, 0.3) is 32.7 Å². The fraction of sp³-hybridized carbons (Fsp3) is 0. The summed E-state index contributed by atoms with van der Waals surface area (Å²) in [6.07, 6.45) is 5.01. The standard InChI is InChI=1S/3C9H7NO.Pb/c3*11-8-5-1-3-7-4-2-6-10-9(7)8;/h3*1-6,11H;. The van der Waals surface area contributed by atoms with Gasteiger partial charge in [-0.25, -0.2) is 0 Å². The normalized spacial score (nSPS) is 9.88. The molecular formula is C27H21N3O3Pb. The van der Waals surface area contributed by atoms with E-state index in [1.807, 2.05) is 54.6 Å². The van der Waals surface area contributed by atoms with Crippen LogP contribution < -0.4 is 0 Å². The molecule has 3 aromatic carbocycles. The summed E-state index contributed by atoms with van der Waals surface area (Å²) < 4.78 is 0. The van der Waals surface area contributed by atoms with Crippen LogP contribution >= 0.6 is 0 Å². The van der Waals surface area contributed by atoms with Gasteiger partial charge < -0.3 is 15.3 Å². The van der Waals surface area contributed by atoms with Crippen LogP contribution in [0.2, 0.25) is 0 Å². The van der Waals surface area contributed by atoms with E-state index in [2.05, 4.69) is 15.0 Å². The number of aromatic hydroxyl groups is 3. The first-order valence-corrected chi connectivity index (χ1v) is 10.2. The Balaban J connectivity index is 0.000000141. The minimum Gasteiger partial charge on any atom is -0.506 e. The monoisotopic (exact) mass is 643 g/mol. The van der Waals surface area contributed by atoms with Crippen molar-refractivity contribution < 1.29 is 15.3 Å². The number of phenols is 3. The second-order valence-electron chi connectivity index (χ2n) is 7.06. The Morgan fingerprint density at radius 2 is 0.647 bits per heavy atom. The van der Waals surface area contributed by atoms with Gasteiger partial charge in [0, 0.05) is 62.0 Å². The van der Waals surface area contributed by atoms with E-state index in [0.29, 0.717) is 16.6 Å². The SMILES string of the molecule is Oc1cccc2cccnc12.Oc1cccc2cccnc12.Oc1cccc2cccnc12.[Pb]. The minimum atomic E-state index is 0. The van der Waals surface area contributed by atoms with Gasteiger partial charge in [0.05, 0.1) is 0 Å². The second kappa shape index (κ2) is 11.9. The fourth-order valence-electron chi connectivity index (χ4n) is 3.26. The number of benzene rings is 3. The van der Waals surface area contributed by atoms with E-state index in [0.717, 1.165) is 16.2 Å². The summed E-state index contributed by atoms with van der Waals surface area (Å²) in [4.78, 5) is 12.1. The Kier molecular flexibility index (Phi) is 8.69. The molecule has 6 aromatic rings. The van der Waals surface area contributed by atoms with Crippen molar-refractivity contribution in [1.82, 2.24) is 15.0 Å². The van der Waals surface area contributed by atoms with Crippen LogP contribution in [0.5, 0.6) is 17.2 Å². The van der Waals surface area contributed by atoms with Gasteiger partial charge in [-0.1, -0.05) is 54.6 Å². The maximum atomic E-state index is 9.31. The quantitative estimate of drug-likeness (QED) is 0.191. The van der Waals surface area contributed by atoms with Gasteiger partial charge in [0.2, 0.25) is 0 Å². The van der Waals surface area contributed by atoms with Crippen LogP contribution in [-0.4, -0.2) is 57.6 Å². The smallest absolute Gasteiger partial charge is 0.141 e. The minimum absolute atomic E-state index is 0. The third-order valence-electron chi connectivity index (χ3n) is 4.83. The molecule has 3 heterocycles. The number of pyridine rings is 3. The van der Waals surface area contributed by atoms with Gasteiger partial charge in [-0.2, -0.15) is 0 Å². The van der Waals surface area contributed by atoms with E-state index in [-0.39, 0.29) is 44.5 Å². The van der Waals surface area contributed by atoms with Crippen LogP contribution in [0.4, 0.5) is 0 Å². The van der Waals surface area contributed by atoms with Crippen molar-refractivity contribution in [3.05, 3.63) is 110 Å². The number of para-hydroxylation sites is 3. The maximum Gasteiger partial charge on any atom is 0.141 e. The predicted octanol–water partition coefficient (Wildman–Crippen LogP) is 5.44. The maximum absolute atomic E-state index is 9.31. The van der Waals surface area contributed by atoms with E-state index in [9.17, 15) is 15.3 Å². The van der Waals surface area contributed by atoms with Gasteiger partial charge >= 0.3 is 0 Å². The summed E-state index contributed by atoms with van der Waals surface area (Å²) in [6, 6.07) is 27.4. The molecule has 4 radical (unpaired) electrons. The molecule has 0 bridgehead atoms. The van der Waals surface area contributed by atoms with Gasteiger partial charge in [0.15, 0.2) is 0 Å². The summed E-state index contributed by atoms with van der Waals surface area (Å²) >= 11 is 0. The number of phenolic OH excluding ortho intramolecular Hbond substituents is 3. The van der Waals surface area contributed by atoms with E-state index in [1.165, 1.54) is 0 Å². The Bertz CT molecular complexity index is 1330. The van der Waals surface area contributed by atoms with E-state index >= 15 is 0 Å². The van der Waals surface area contributed by atoms with Crippen LogP contribution in [0.3, 0.4) is 0 Å². The second-order valence-corrected chi connectivity index (χ2v) is 7.06. The van der Waals surface area contributed by atoms with Gasteiger partial charge in [0.25, 0.3) is 0 Å².